The van der Waals surface area contributed by atoms with Crippen LogP contribution >= 0.6 is 0 Å². The van der Waals surface area contributed by atoms with E-state index in [1.54, 1.807) is 24.3 Å². The van der Waals surface area contributed by atoms with E-state index in [2.05, 4.69) is 21.3 Å². The molecule has 7 nitrogen and oxygen atoms in total. The van der Waals surface area contributed by atoms with Gasteiger partial charge in [-0.15, -0.1) is 0 Å². The highest BCUT2D eigenvalue weighted by Crippen LogP contribution is 2.31. The van der Waals surface area contributed by atoms with Crippen LogP contribution in [0.3, 0.4) is 0 Å². The van der Waals surface area contributed by atoms with Gasteiger partial charge in [0.25, 0.3) is 0 Å². The Morgan fingerprint density at radius 3 is 2.10 bits per heavy atom. The van der Waals surface area contributed by atoms with E-state index in [1.165, 1.54) is 0 Å². The highest BCUT2D eigenvalue weighted by molar-refractivity contribution is 5.97. The second-order valence-electron chi connectivity index (χ2n) is 7.86. The van der Waals surface area contributed by atoms with Gasteiger partial charge in [0.15, 0.2) is 0 Å². The zero-order valence-corrected chi connectivity index (χ0v) is 17.5. The summed E-state index contributed by atoms with van der Waals surface area (Å²) in [7, 11) is 0. The van der Waals surface area contributed by atoms with Crippen molar-refractivity contribution in [3.63, 3.8) is 0 Å². The van der Waals surface area contributed by atoms with E-state index < -0.39 is 0 Å². The molecule has 0 aromatic heterocycles. The van der Waals surface area contributed by atoms with Crippen molar-refractivity contribution in [1.29, 1.82) is 0 Å². The second-order valence-corrected chi connectivity index (χ2v) is 7.86. The number of hydrogen-bond acceptors (Lipinski definition) is 4. The Kier molecular flexibility index (Phi) is 6.72. The highest BCUT2D eigenvalue weighted by Gasteiger charge is 2.29. The van der Waals surface area contributed by atoms with Gasteiger partial charge in [0.2, 0.25) is 17.7 Å². The molecule has 158 valence electrons. The van der Waals surface area contributed by atoms with Gasteiger partial charge in [-0.25, -0.2) is 0 Å². The first-order valence-corrected chi connectivity index (χ1v) is 10.2. The summed E-state index contributed by atoms with van der Waals surface area (Å²) in [5.41, 5.74) is 3.78. The summed E-state index contributed by atoms with van der Waals surface area (Å²) < 4.78 is 0. The summed E-state index contributed by atoms with van der Waals surface area (Å²) in [5.74, 6) is -0.153. The van der Waals surface area contributed by atoms with Gasteiger partial charge in [-0.2, -0.15) is 0 Å². The Bertz CT molecular complexity index is 934. The van der Waals surface area contributed by atoms with Crippen LogP contribution < -0.4 is 21.3 Å². The molecule has 0 heterocycles. The van der Waals surface area contributed by atoms with Crippen molar-refractivity contribution in [2.24, 2.45) is 11.8 Å². The minimum Gasteiger partial charge on any atom is -0.376 e. The monoisotopic (exact) mass is 408 g/mol. The maximum absolute atomic E-state index is 12.3. The van der Waals surface area contributed by atoms with Gasteiger partial charge in [-0.05, 0) is 61.7 Å². The van der Waals surface area contributed by atoms with Gasteiger partial charge in [0.05, 0.1) is 6.54 Å². The fourth-order valence-electron chi connectivity index (χ4n) is 2.85. The zero-order chi connectivity index (χ0) is 21.7. The number of benzene rings is 2. The predicted molar refractivity (Wildman–Crippen MR) is 120 cm³/mol. The van der Waals surface area contributed by atoms with Crippen LogP contribution in [0.5, 0.6) is 0 Å². The largest absolute Gasteiger partial charge is 0.376 e. The molecule has 7 heteroatoms. The Morgan fingerprint density at radius 1 is 0.900 bits per heavy atom. The molecule has 3 amide bonds. The van der Waals surface area contributed by atoms with E-state index in [1.807, 2.05) is 39.0 Å². The van der Waals surface area contributed by atoms with E-state index in [4.69, 9.17) is 0 Å². The maximum Gasteiger partial charge on any atom is 0.243 e. The molecule has 3 rings (SSSR count). The highest BCUT2D eigenvalue weighted by atomic mass is 16.2. The quantitative estimate of drug-likeness (QED) is 0.531. The molecule has 2 aromatic rings. The predicted octanol–water partition coefficient (Wildman–Crippen LogP) is 3.99. The van der Waals surface area contributed by atoms with Crippen LogP contribution in [-0.4, -0.2) is 24.3 Å². The number of carbonyl (C=O) groups excluding carboxylic acids is 3. The van der Waals surface area contributed by atoms with Gasteiger partial charge in [0.1, 0.15) is 0 Å². The van der Waals surface area contributed by atoms with Crippen molar-refractivity contribution in [2.75, 3.05) is 27.8 Å². The Morgan fingerprint density at radius 2 is 1.50 bits per heavy atom. The Balaban J connectivity index is 1.52. The van der Waals surface area contributed by atoms with Gasteiger partial charge >= 0.3 is 0 Å². The van der Waals surface area contributed by atoms with Crippen molar-refractivity contribution >= 4 is 40.5 Å². The Labute approximate surface area is 176 Å². The zero-order valence-electron chi connectivity index (χ0n) is 17.5. The maximum atomic E-state index is 12.3. The minimum atomic E-state index is -0.194. The summed E-state index contributed by atoms with van der Waals surface area (Å²) in [6, 6.07) is 12.6. The standard InChI is InChI=1S/C23H28N4O3/c1-14(2)22(29)26-18-11-9-17(10-12-18)25-21(28)13-24-19-5-4-6-20(15(19)3)27-23(30)16-7-8-16/h4-6,9-12,14,16,24H,7-8,13H2,1-3H3,(H,25,28)(H,26,29)(H,27,30). The van der Waals surface area contributed by atoms with Gasteiger partial charge in [-0.1, -0.05) is 19.9 Å². The number of anilines is 4. The number of amides is 3. The first-order chi connectivity index (χ1) is 14.3. The van der Waals surface area contributed by atoms with E-state index in [0.717, 1.165) is 29.8 Å². The summed E-state index contributed by atoms with van der Waals surface area (Å²) in [4.78, 5) is 36.0. The summed E-state index contributed by atoms with van der Waals surface area (Å²) >= 11 is 0. The molecule has 2 aromatic carbocycles. The van der Waals surface area contributed by atoms with Crippen molar-refractivity contribution in [2.45, 2.75) is 33.6 Å². The molecule has 0 aliphatic heterocycles. The lowest BCUT2D eigenvalue weighted by Crippen LogP contribution is -2.22. The molecular formula is C23H28N4O3. The average molecular weight is 409 g/mol. The molecule has 0 unspecified atom stereocenters. The fraction of sp³-hybridized carbons (Fsp3) is 0.348. The minimum absolute atomic E-state index is 0.0538. The molecule has 4 N–H and O–H groups in total. The summed E-state index contributed by atoms with van der Waals surface area (Å²) in [5, 5.41) is 11.7. The first kappa shape index (κ1) is 21.4. The van der Waals surface area contributed by atoms with Crippen molar-refractivity contribution in [3.8, 4) is 0 Å². The van der Waals surface area contributed by atoms with Crippen LogP contribution in [0.25, 0.3) is 0 Å². The lowest BCUT2D eigenvalue weighted by Gasteiger charge is -2.14. The smallest absolute Gasteiger partial charge is 0.243 e. The van der Waals surface area contributed by atoms with Crippen LogP contribution in [0.15, 0.2) is 42.5 Å². The van der Waals surface area contributed by atoms with Crippen LogP contribution in [0.4, 0.5) is 22.7 Å². The van der Waals surface area contributed by atoms with Crippen LogP contribution in [0.1, 0.15) is 32.3 Å². The average Bonchev–Trinajstić information content (AvgIpc) is 3.55. The van der Waals surface area contributed by atoms with Crippen LogP contribution in [-0.2, 0) is 14.4 Å². The summed E-state index contributed by atoms with van der Waals surface area (Å²) in [6.07, 6.45) is 1.90. The first-order valence-electron chi connectivity index (χ1n) is 10.2. The van der Waals surface area contributed by atoms with Crippen molar-refractivity contribution < 1.29 is 14.4 Å². The van der Waals surface area contributed by atoms with Crippen LogP contribution in [0, 0.1) is 18.8 Å². The lowest BCUT2D eigenvalue weighted by atomic mass is 10.1. The molecule has 0 atom stereocenters. The van der Waals surface area contributed by atoms with Gasteiger partial charge in [-0.3, -0.25) is 14.4 Å². The van der Waals surface area contributed by atoms with Crippen LogP contribution in [0.2, 0.25) is 0 Å². The van der Waals surface area contributed by atoms with E-state index >= 15 is 0 Å². The number of carbonyl (C=O) groups is 3. The van der Waals surface area contributed by atoms with Crippen molar-refractivity contribution in [3.05, 3.63) is 48.0 Å². The topological polar surface area (TPSA) is 99.3 Å². The molecule has 0 spiro atoms. The normalized spacial score (nSPS) is 12.9. The van der Waals surface area contributed by atoms with Crippen molar-refractivity contribution in [1.82, 2.24) is 0 Å². The molecular weight excluding hydrogens is 380 g/mol. The third kappa shape index (κ3) is 5.83. The molecule has 1 saturated carbocycles. The number of nitrogens with one attached hydrogen (secondary N) is 4. The Hall–Kier alpha value is -3.35. The van der Waals surface area contributed by atoms with E-state index in [-0.39, 0.29) is 36.1 Å². The number of rotatable bonds is 8. The third-order valence-electron chi connectivity index (χ3n) is 4.94. The van der Waals surface area contributed by atoms with E-state index in [0.29, 0.717) is 11.4 Å². The fourth-order valence-corrected chi connectivity index (χ4v) is 2.85. The van der Waals surface area contributed by atoms with E-state index in [9.17, 15) is 14.4 Å². The number of hydrogen-bond donors (Lipinski definition) is 4. The molecule has 1 aliphatic carbocycles. The molecule has 1 fully saturated rings. The second kappa shape index (κ2) is 9.43. The third-order valence-corrected chi connectivity index (χ3v) is 4.94. The molecule has 0 saturated heterocycles. The lowest BCUT2D eigenvalue weighted by molar-refractivity contribution is -0.119. The summed E-state index contributed by atoms with van der Waals surface area (Å²) in [6.45, 7) is 5.66. The molecule has 0 radical (unpaired) electrons. The van der Waals surface area contributed by atoms with Gasteiger partial charge in [0, 0.05) is 34.6 Å². The molecule has 30 heavy (non-hydrogen) atoms. The SMILES string of the molecule is Cc1c(NCC(=O)Nc2ccc(NC(=O)C(C)C)cc2)cccc1NC(=O)C1CC1. The van der Waals surface area contributed by atoms with Gasteiger partial charge < -0.3 is 21.3 Å². The molecule has 1 aliphatic rings. The molecule has 0 bridgehead atoms.